The fraction of sp³-hybridized carbons (Fsp3) is 0.579. The van der Waals surface area contributed by atoms with E-state index in [1.807, 2.05) is 11.8 Å². The predicted octanol–water partition coefficient (Wildman–Crippen LogP) is 1.92. The van der Waals surface area contributed by atoms with Crippen LogP contribution in [0.15, 0.2) is 29.3 Å². The molecule has 28 heavy (non-hydrogen) atoms. The van der Waals surface area contributed by atoms with E-state index in [0.717, 1.165) is 44.9 Å². The van der Waals surface area contributed by atoms with Gasteiger partial charge in [0.1, 0.15) is 0 Å². The SMILES string of the molecule is CCNC(=NCc1cccc(C(F)(F)F)c1)NCCN1CCN(C(C)=O)CC1. The van der Waals surface area contributed by atoms with Gasteiger partial charge in [-0.3, -0.25) is 9.69 Å². The molecule has 0 aromatic heterocycles. The summed E-state index contributed by atoms with van der Waals surface area (Å²) in [5.41, 5.74) is -0.157. The number of benzene rings is 1. The summed E-state index contributed by atoms with van der Waals surface area (Å²) in [5.74, 6) is 0.677. The van der Waals surface area contributed by atoms with Gasteiger partial charge in [0.15, 0.2) is 5.96 Å². The highest BCUT2D eigenvalue weighted by Gasteiger charge is 2.30. The summed E-state index contributed by atoms with van der Waals surface area (Å²) in [4.78, 5) is 19.8. The topological polar surface area (TPSA) is 60.0 Å². The maximum atomic E-state index is 12.8. The monoisotopic (exact) mass is 399 g/mol. The molecule has 156 valence electrons. The molecule has 9 heteroatoms. The number of guanidine groups is 1. The first kappa shape index (κ1) is 22.0. The van der Waals surface area contributed by atoms with Gasteiger partial charge in [-0.25, -0.2) is 4.99 Å². The Balaban J connectivity index is 1.83. The molecule has 1 aromatic carbocycles. The van der Waals surface area contributed by atoms with Crippen LogP contribution in [-0.2, 0) is 17.5 Å². The molecular weight excluding hydrogens is 371 g/mol. The Morgan fingerprint density at radius 1 is 1.18 bits per heavy atom. The first-order valence-corrected chi connectivity index (χ1v) is 9.45. The van der Waals surface area contributed by atoms with E-state index >= 15 is 0 Å². The highest BCUT2D eigenvalue weighted by Crippen LogP contribution is 2.29. The van der Waals surface area contributed by atoms with Crippen LogP contribution in [0, 0.1) is 0 Å². The van der Waals surface area contributed by atoms with Gasteiger partial charge in [0, 0.05) is 52.7 Å². The lowest BCUT2D eigenvalue weighted by Crippen LogP contribution is -2.50. The Kier molecular flexibility index (Phi) is 8.10. The number of nitrogens with one attached hydrogen (secondary N) is 2. The second kappa shape index (κ2) is 10.3. The summed E-state index contributed by atoms with van der Waals surface area (Å²) >= 11 is 0. The number of alkyl halides is 3. The third-order valence-electron chi connectivity index (χ3n) is 4.56. The standard InChI is InChI=1S/C19H28F3N5O/c1-3-23-18(24-7-8-26-9-11-27(12-10-26)15(2)28)25-14-16-5-4-6-17(13-16)19(20,21)22/h4-6,13H,3,7-12,14H2,1-2H3,(H2,23,24,25). The van der Waals surface area contributed by atoms with Crippen molar-refractivity contribution in [1.29, 1.82) is 0 Å². The lowest BCUT2D eigenvalue weighted by Gasteiger charge is -2.34. The predicted molar refractivity (Wildman–Crippen MR) is 103 cm³/mol. The van der Waals surface area contributed by atoms with Gasteiger partial charge in [0.25, 0.3) is 0 Å². The highest BCUT2D eigenvalue weighted by atomic mass is 19.4. The summed E-state index contributed by atoms with van der Waals surface area (Å²) in [7, 11) is 0. The first-order chi connectivity index (χ1) is 13.3. The van der Waals surface area contributed by atoms with E-state index in [4.69, 9.17) is 0 Å². The van der Waals surface area contributed by atoms with Gasteiger partial charge >= 0.3 is 6.18 Å². The third-order valence-corrected chi connectivity index (χ3v) is 4.56. The Morgan fingerprint density at radius 3 is 2.50 bits per heavy atom. The maximum Gasteiger partial charge on any atom is 0.416 e. The molecule has 0 spiro atoms. The number of hydrogen-bond acceptors (Lipinski definition) is 3. The van der Waals surface area contributed by atoms with E-state index in [1.54, 1.807) is 13.0 Å². The fourth-order valence-electron chi connectivity index (χ4n) is 2.98. The van der Waals surface area contributed by atoms with Crippen molar-refractivity contribution in [3.63, 3.8) is 0 Å². The molecule has 0 radical (unpaired) electrons. The summed E-state index contributed by atoms with van der Waals surface area (Å²) in [6.45, 7) is 8.94. The van der Waals surface area contributed by atoms with Crippen LogP contribution < -0.4 is 10.6 Å². The van der Waals surface area contributed by atoms with Gasteiger partial charge < -0.3 is 15.5 Å². The zero-order valence-corrected chi connectivity index (χ0v) is 16.4. The second-order valence-electron chi connectivity index (χ2n) is 6.67. The molecule has 2 rings (SSSR count). The summed E-state index contributed by atoms with van der Waals surface area (Å²) < 4.78 is 38.4. The minimum absolute atomic E-state index is 0.105. The summed E-state index contributed by atoms with van der Waals surface area (Å²) in [5, 5.41) is 6.31. The van der Waals surface area contributed by atoms with Crippen molar-refractivity contribution in [2.45, 2.75) is 26.6 Å². The van der Waals surface area contributed by atoms with E-state index < -0.39 is 11.7 Å². The van der Waals surface area contributed by atoms with Gasteiger partial charge in [-0.1, -0.05) is 12.1 Å². The van der Waals surface area contributed by atoms with Crippen molar-refractivity contribution in [2.75, 3.05) is 45.8 Å². The van der Waals surface area contributed by atoms with Gasteiger partial charge in [-0.05, 0) is 24.6 Å². The summed E-state index contributed by atoms with van der Waals surface area (Å²) in [6.07, 6.45) is -4.35. The van der Waals surface area contributed by atoms with Crippen molar-refractivity contribution in [1.82, 2.24) is 20.4 Å². The van der Waals surface area contributed by atoms with Crippen LogP contribution in [0.5, 0.6) is 0 Å². The van der Waals surface area contributed by atoms with Crippen molar-refractivity contribution in [2.24, 2.45) is 4.99 Å². The van der Waals surface area contributed by atoms with E-state index in [0.29, 0.717) is 24.6 Å². The minimum Gasteiger partial charge on any atom is -0.357 e. The van der Waals surface area contributed by atoms with Crippen LogP contribution in [0.3, 0.4) is 0 Å². The van der Waals surface area contributed by atoms with Crippen molar-refractivity contribution in [3.05, 3.63) is 35.4 Å². The van der Waals surface area contributed by atoms with Crippen LogP contribution in [0.4, 0.5) is 13.2 Å². The normalized spacial score (nSPS) is 16.2. The van der Waals surface area contributed by atoms with Crippen LogP contribution in [0.2, 0.25) is 0 Å². The largest absolute Gasteiger partial charge is 0.416 e. The molecule has 2 N–H and O–H groups in total. The Labute approximate surface area is 163 Å². The average Bonchev–Trinajstić information content (AvgIpc) is 2.66. The lowest BCUT2D eigenvalue weighted by atomic mass is 10.1. The number of piperazine rings is 1. The number of nitrogens with zero attached hydrogens (tertiary/aromatic N) is 3. The molecule has 6 nitrogen and oxygen atoms in total. The smallest absolute Gasteiger partial charge is 0.357 e. The molecule has 1 aliphatic heterocycles. The quantitative estimate of drug-likeness (QED) is 0.567. The number of rotatable bonds is 6. The van der Waals surface area contributed by atoms with Crippen molar-refractivity contribution < 1.29 is 18.0 Å². The third kappa shape index (κ3) is 7.03. The van der Waals surface area contributed by atoms with Crippen molar-refractivity contribution >= 4 is 11.9 Å². The van der Waals surface area contributed by atoms with E-state index in [9.17, 15) is 18.0 Å². The summed E-state index contributed by atoms with van der Waals surface area (Å²) in [6, 6.07) is 5.22. The molecular formula is C19H28F3N5O. The van der Waals surface area contributed by atoms with Gasteiger partial charge in [-0.15, -0.1) is 0 Å². The number of carbonyl (C=O) groups is 1. The zero-order valence-electron chi connectivity index (χ0n) is 16.4. The Bertz CT molecular complexity index is 670. The molecule has 1 fully saturated rings. The average molecular weight is 399 g/mol. The molecule has 1 aliphatic rings. The number of amides is 1. The van der Waals surface area contributed by atoms with Gasteiger partial charge in [-0.2, -0.15) is 13.2 Å². The molecule has 1 aromatic rings. The van der Waals surface area contributed by atoms with Crippen LogP contribution in [0.25, 0.3) is 0 Å². The van der Waals surface area contributed by atoms with Crippen LogP contribution in [-0.4, -0.2) is 67.5 Å². The molecule has 0 aliphatic carbocycles. The Hall–Kier alpha value is -2.29. The molecule has 0 saturated carbocycles. The fourth-order valence-corrected chi connectivity index (χ4v) is 2.98. The lowest BCUT2D eigenvalue weighted by molar-refractivity contribution is -0.137. The van der Waals surface area contributed by atoms with Gasteiger partial charge in [0.05, 0.1) is 12.1 Å². The van der Waals surface area contributed by atoms with Gasteiger partial charge in [0.2, 0.25) is 5.91 Å². The van der Waals surface area contributed by atoms with Crippen LogP contribution in [0.1, 0.15) is 25.0 Å². The molecule has 0 bridgehead atoms. The first-order valence-electron chi connectivity index (χ1n) is 9.45. The number of carbonyl (C=O) groups excluding carboxylic acids is 1. The molecule has 1 heterocycles. The second-order valence-corrected chi connectivity index (χ2v) is 6.67. The molecule has 1 amide bonds. The molecule has 0 unspecified atom stereocenters. The van der Waals surface area contributed by atoms with E-state index in [1.165, 1.54) is 6.07 Å². The number of hydrogen-bond donors (Lipinski definition) is 2. The minimum atomic E-state index is -4.35. The van der Waals surface area contributed by atoms with E-state index in [2.05, 4.69) is 20.5 Å². The molecule has 0 atom stereocenters. The Morgan fingerprint density at radius 2 is 1.89 bits per heavy atom. The zero-order chi connectivity index (χ0) is 20.6. The number of aliphatic imine (C=N–C) groups is 1. The maximum absolute atomic E-state index is 12.8. The highest BCUT2D eigenvalue weighted by molar-refractivity contribution is 5.79. The van der Waals surface area contributed by atoms with E-state index in [-0.39, 0.29) is 12.5 Å². The molecule has 1 saturated heterocycles. The number of halogens is 3. The van der Waals surface area contributed by atoms with Crippen molar-refractivity contribution in [3.8, 4) is 0 Å². The van der Waals surface area contributed by atoms with Crippen LogP contribution >= 0.6 is 0 Å².